The summed E-state index contributed by atoms with van der Waals surface area (Å²) in [5.41, 5.74) is 3.17. The quantitative estimate of drug-likeness (QED) is 0.771. The molecule has 2 saturated heterocycles. The number of hydrogen-bond acceptors (Lipinski definition) is 3. The summed E-state index contributed by atoms with van der Waals surface area (Å²) in [7, 11) is 0. The van der Waals surface area contributed by atoms with Crippen molar-refractivity contribution in [3.63, 3.8) is 0 Å². The number of rotatable bonds is 2. The molecule has 1 aromatic carbocycles. The predicted molar refractivity (Wildman–Crippen MR) is 94.9 cm³/mol. The van der Waals surface area contributed by atoms with E-state index < -0.39 is 0 Å². The second-order valence-electron chi connectivity index (χ2n) is 7.66. The van der Waals surface area contributed by atoms with Crippen LogP contribution in [0.4, 0.5) is 4.79 Å². The first kappa shape index (κ1) is 15.9. The van der Waals surface area contributed by atoms with Crippen LogP contribution in [0.5, 0.6) is 0 Å². The summed E-state index contributed by atoms with van der Waals surface area (Å²) < 4.78 is 0. The molecule has 5 nitrogen and oxygen atoms in total. The molecule has 5 heteroatoms. The number of hydrogen-bond donors (Lipinski definition) is 3. The summed E-state index contributed by atoms with van der Waals surface area (Å²) in [6.07, 6.45) is 4.57. The molecular formula is C19H28N4O. The van der Waals surface area contributed by atoms with Crippen LogP contribution in [-0.4, -0.2) is 49.7 Å². The lowest BCUT2D eigenvalue weighted by atomic mass is 9.78. The molecule has 3 N–H and O–H groups in total. The Bertz CT molecular complexity index is 597. The molecule has 3 aliphatic heterocycles. The van der Waals surface area contributed by atoms with Crippen LogP contribution >= 0.6 is 0 Å². The minimum absolute atomic E-state index is 0.117. The Balaban J connectivity index is 1.27. The van der Waals surface area contributed by atoms with Crippen molar-refractivity contribution in [1.82, 2.24) is 20.9 Å². The molecular weight excluding hydrogens is 300 g/mol. The lowest BCUT2D eigenvalue weighted by molar-refractivity contribution is 0.182. The van der Waals surface area contributed by atoms with Crippen LogP contribution in [0.2, 0.25) is 0 Å². The summed E-state index contributed by atoms with van der Waals surface area (Å²) >= 11 is 0. The van der Waals surface area contributed by atoms with Gasteiger partial charge in [0.2, 0.25) is 0 Å². The third-order valence-electron chi connectivity index (χ3n) is 6.06. The molecule has 2 fully saturated rings. The maximum atomic E-state index is 12.5. The summed E-state index contributed by atoms with van der Waals surface area (Å²) in [5.74, 6) is 0. The van der Waals surface area contributed by atoms with E-state index in [4.69, 9.17) is 0 Å². The van der Waals surface area contributed by atoms with E-state index in [9.17, 15) is 4.79 Å². The minimum Gasteiger partial charge on any atom is -0.336 e. The van der Waals surface area contributed by atoms with Gasteiger partial charge in [0.25, 0.3) is 0 Å². The van der Waals surface area contributed by atoms with E-state index in [1.165, 1.54) is 24.0 Å². The lowest BCUT2D eigenvalue weighted by Crippen LogP contribution is -2.48. The van der Waals surface area contributed by atoms with E-state index in [1.807, 2.05) is 4.90 Å². The fourth-order valence-corrected chi connectivity index (χ4v) is 4.46. The van der Waals surface area contributed by atoms with Gasteiger partial charge >= 0.3 is 6.03 Å². The zero-order chi connectivity index (χ0) is 16.4. The minimum atomic E-state index is 0.117. The number of likely N-dealkylation sites (tertiary alicyclic amines) is 1. The van der Waals surface area contributed by atoms with Crippen molar-refractivity contribution in [2.24, 2.45) is 5.41 Å². The van der Waals surface area contributed by atoms with Crippen LogP contribution in [0.25, 0.3) is 0 Å². The molecule has 0 aromatic heterocycles. The zero-order valence-corrected chi connectivity index (χ0v) is 14.3. The molecule has 0 radical (unpaired) electrons. The fourth-order valence-electron chi connectivity index (χ4n) is 4.46. The molecule has 1 unspecified atom stereocenters. The van der Waals surface area contributed by atoms with Gasteiger partial charge < -0.3 is 20.9 Å². The highest BCUT2D eigenvalue weighted by atomic mass is 16.2. The molecule has 0 saturated carbocycles. The molecule has 3 heterocycles. The van der Waals surface area contributed by atoms with E-state index in [2.05, 4.69) is 40.2 Å². The molecule has 1 aromatic rings. The Morgan fingerprint density at radius 2 is 2.00 bits per heavy atom. The summed E-state index contributed by atoms with van der Waals surface area (Å²) in [5, 5.41) is 10.1. The SMILES string of the molecule is O=C(NCC1Cc2ccccc2CN1)N1CCC2(CCNCC2)C1. The Labute approximate surface area is 144 Å². The van der Waals surface area contributed by atoms with Crippen molar-refractivity contribution in [1.29, 1.82) is 0 Å². The number of piperidine rings is 1. The Morgan fingerprint density at radius 1 is 1.21 bits per heavy atom. The maximum absolute atomic E-state index is 12.5. The van der Waals surface area contributed by atoms with Gasteiger partial charge in [-0.15, -0.1) is 0 Å². The van der Waals surface area contributed by atoms with Crippen molar-refractivity contribution >= 4 is 6.03 Å². The van der Waals surface area contributed by atoms with Crippen molar-refractivity contribution in [2.75, 3.05) is 32.7 Å². The summed E-state index contributed by atoms with van der Waals surface area (Å²) in [4.78, 5) is 14.6. The number of carbonyl (C=O) groups is 1. The molecule has 3 aliphatic rings. The topological polar surface area (TPSA) is 56.4 Å². The number of carbonyl (C=O) groups excluding carboxylic acids is 1. The summed E-state index contributed by atoms with van der Waals surface area (Å²) in [6, 6.07) is 9.02. The van der Waals surface area contributed by atoms with Crippen molar-refractivity contribution in [2.45, 2.75) is 38.3 Å². The first-order valence-electron chi connectivity index (χ1n) is 9.28. The van der Waals surface area contributed by atoms with Crippen molar-refractivity contribution in [3.8, 4) is 0 Å². The van der Waals surface area contributed by atoms with Gasteiger partial charge in [-0.1, -0.05) is 24.3 Å². The average Bonchev–Trinajstić information content (AvgIpc) is 3.03. The third-order valence-corrected chi connectivity index (χ3v) is 6.06. The number of benzene rings is 1. The van der Waals surface area contributed by atoms with Gasteiger partial charge in [-0.05, 0) is 55.3 Å². The summed E-state index contributed by atoms with van der Waals surface area (Å²) in [6.45, 7) is 5.64. The molecule has 1 atom stereocenters. The van der Waals surface area contributed by atoms with Crippen LogP contribution in [0, 0.1) is 5.41 Å². The van der Waals surface area contributed by atoms with Gasteiger partial charge in [-0.3, -0.25) is 0 Å². The van der Waals surface area contributed by atoms with E-state index in [-0.39, 0.29) is 6.03 Å². The average molecular weight is 328 g/mol. The van der Waals surface area contributed by atoms with Crippen molar-refractivity contribution in [3.05, 3.63) is 35.4 Å². The second kappa shape index (κ2) is 6.73. The van der Waals surface area contributed by atoms with Crippen LogP contribution in [0.15, 0.2) is 24.3 Å². The Morgan fingerprint density at radius 3 is 2.83 bits per heavy atom. The normalized spacial score (nSPS) is 25.5. The maximum Gasteiger partial charge on any atom is 0.317 e. The predicted octanol–water partition coefficient (Wildman–Crippen LogP) is 1.49. The Hall–Kier alpha value is -1.59. The fraction of sp³-hybridized carbons (Fsp3) is 0.632. The molecule has 130 valence electrons. The van der Waals surface area contributed by atoms with Crippen LogP contribution in [-0.2, 0) is 13.0 Å². The first-order chi connectivity index (χ1) is 11.7. The highest BCUT2D eigenvalue weighted by molar-refractivity contribution is 5.74. The highest BCUT2D eigenvalue weighted by Gasteiger charge is 2.40. The van der Waals surface area contributed by atoms with Gasteiger partial charge in [0, 0.05) is 32.2 Å². The van der Waals surface area contributed by atoms with Crippen molar-refractivity contribution < 1.29 is 4.79 Å². The third kappa shape index (κ3) is 3.28. The monoisotopic (exact) mass is 328 g/mol. The Kier molecular flexibility index (Phi) is 4.46. The van der Waals surface area contributed by atoms with E-state index >= 15 is 0 Å². The van der Waals surface area contributed by atoms with Gasteiger partial charge in [0.1, 0.15) is 0 Å². The molecule has 4 rings (SSSR count). The molecule has 0 aliphatic carbocycles. The molecule has 24 heavy (non-hydrogen) atoms. The van der Waals surface area contributed by atoms with E-state index in [1.54, 1.807) is 0 Å². The first-order valence-corrected chi connectivity index (χ1v) is 9.28. The molecule has 2 amide bonds. The number of amides is 2. The zero-order valence-electron chi connectivity index (χ0n) is 14.3. The smallest absolute Gasteiger partial charge is 0.317 e. The van der Waals surface area contributed by atoms with E-state index in [0.29, 0.717) is 18.0 Å². The number of urea groups is 1. The highest BCUT2D eigenvalue weighted by Crippen LogP contribution is 2.38. The van der Waals surface area contributed by atoms with Gasteiger partial charge in [0.05, 0.1) is 0 Å². The number of nitrogens with zero attached hydrogens (tertiary/aromatic N) is 1. The van der Waals surface area contributed by atoms with Crippen LogP contribution < -0.4 is 16.0 Å². The standard InChI is InChI=1S/C19H28N4O/c24-18(23-10-7-19(14-23)5-8-20-9-6-19)22-13-17-11-15-3-1-2-4-16(15)12-21-17/h1-4,17,20-21H,5-14H2,(H,22,24). The van der Waals surface area contributed by atoms with Gasteiger partial charge in [0.15, 0.2) is 0 Å². The lowest BCUT2D eigenvalue weighted by Gasteiger charge is -2.33. The van der Waals surface area contributed by atoms with Crippen LogP contribution in [0.3, 0.4) is 0 Å². The molecule has 0 bridgehead atoms. The largest absolute Gasteiger partial charge is 0.336 e. The van der Waals surface area contributed by atoms with Crippen LogP contribution in [0.1, 0.15) is 30.4 Å². The second-order valence-corrected chi connectivity index (χ2v) is 7.66. The number of fused-ring (bicyclic) bond motifs is 1. The van der Waals surface area contributed by atoms with Gasteiger partial charge in [-0.25, -0.2) is 4.79 Å². The van der Waals surface area contributed by atoms with E-state index in [0.717, 1.165) is 45.6 Å². The van der Waals surface area contributed by atoms with Gasteiger partial charge in [-0.2, -0.15) is 0 Å². The molecule has 1 spiro atoms. The number of nitrogens with one attached hydrogen (secondary N) is 3.